The van der Waals surface area contributed by atoms with Crippen LogP contribution in [0, 0.1) is 0 Å². The molecule has 0 saturated carbocycles. The normalized spacial score (nSPS) is 15.8. The van der Waals surface area contributed by atoms with Crippen molar-refractivity contribution in [2.45, 2.75) is 35.5 Å². The quantitative estimate of drug-likeness (QED) is 0.639. The maximum absolute atomic E-state index is 13.1. The van der Waals surface area contributed by atoms with Crippen LogP contribution in [0.3, 0.4) is 0 Å². The van der Waals surface area contributed by atoms with Crippen molar-refractivity contribution < 1.29 is 31.5 Å². The van der Waals surface area contributed by atoms with Gasteiger partial charge in [0, 0.05) is 13.1 Å². The average molecular weight is 469 g/mol. The van der Waals surface area contributed by atoms with Crippen LogP contribution in [0.1, 0.15) is 36.0 Å². The lowest BCUT2D eigenvalue weighted by Crippen LogP contribution is -2.32. The number of carboxylic acid groups (broad SMARTS) is 1. The number of rotatable bonds is 7. The van der Waals surface area contributed by atoms with Crippen LogP contribution in [0.2, 0.25) is 0 Å². The maximum atomic E-state index is 13.1. The predicted molar refractivity (Wildman–Crippen MR) is 114 cm³/mol. The number of carbonyl (C=O) groups is 1. The van der Waals surface area contributed by atoms with Crippen molar-refractivity contribution in [2.75, 3.05) is 24.9 Å². The molecule has 31 heavy (non-hydrogen) atoms. The number of methoxy groups -OCH3 is 1. The molecular formula is C20H24N2O7S2. The summed E-state index contributed by atoms with van der Waals surface area (Å²) in [6, 6.07) is 8.70. The van der Waals surface area contributed by atoms with Crippen LogP contribution in [0.5, 0.6) is 5.75 Å². The van der Waals surface area contributed by atoms with Gasteiger partial charge in [0.15, 0.2) is 0 Å². The Balaban J connectivity index is 1.94. The van der Waals surface area contributed by atoms with Gasteiger partial charge in [0.25, 0.3) is 10.0 Å². The van der Waals surface area contributed by atoms with Gasteiger partial charge in [-0.15, -0.1) is 0 Å². The van der Waals surface area contributed by atoms with Crippen molar-refractivity contribution in [1.29, 1.82) is 0 Å². The second-order valence-electron chi connectivity index (χ2n) is 7.12. The molecule has 0 amide bonds. The third-order valence-corrected chi connectivity index (χ3v) is 8.31. The number of benzene rings is 2. The van der Waals surface area contributed by atoms with Gasteiger partial charge in [0.1, 0.15) is 5.75 Å². The van der Waals surface area contributed by atoms with Crippen molar-refractivity contribution in [3.8, 4) is 5.75 Å². The van der Waals surface area contributed by atoms with Gasteiger partial charge >= 0.3 is 5.97 Å². The molecule has 2 N–H and O–H groups in total. The van der Waals surface area contributed by atoms with Crippen molar-refractivity contribution in [3.05, 3.63) is 48.0 Å². The van der Waals surface area contributed by atoms with E-state index in [0.29, 0.717) is 13.1 Å². The minimum Gasteiger partial charge on any atom is -0.495 e. The molecule has 11 heteroatoms. The van der Waals surface area contributed by atoms with E-state index in [-0.39, 0.29) is 26.8 Å². The van der Waals surface area contributed by atoms with E-state index in [2.05, 4.69) is 4.72 Å². The van der Waals surface area contributed by atoms with E-state index in [0.717, 1.165) is 37.8 Å². The Morgan fingerprint density at radius 1 is 0.935 bits per heavy atom. The van der Waals surface area contributed by atoms with Gasteiger partial charge in [-0.3, -0.25) is 4.72 Å². The van der Waals surface area contributed by atoms with Crippen molar-refractivity contribution in [3.63, 3.8) is 0 Å². The first-order chi connectivity index (χ1) is 14.6. The van der Waals surface area contributed by atoms with Crippen LogP contribution in [-0.2, 0) is 20.0 Å². The maximum Gasteiger partial charge on any atom is 0.335 e. The standard InChI is InChI=1S/C20H24N2O7S2/c1-29-19-11-10-17(31(27,28)22-12-4-2-3-5-13-22)14-18(19)21-30(25,26)16-8-6-15(7-9-16)20(23)24/h6-11,14,21H,2-5,12-13H2,1H3,(H,23,24). The monoisotopic (exact) mass is 468 g/mol. The van der Waals surface area contributed by atoms with Crippen LogP contribution >= 0.6 is 0 Å². The Hall–Kier alpha value is -2.63. The molecule has 1 heterocycles. The van der Waals surface area contributed by atoms with Gasteiger partial charge in [-0.1, -0.05) is 12.8 Å². The first-order valence-electron chi connectivity index (χ1n) is 9.69. The Bertz CT molecular complexity index is 1150. The summed E-state index contributed by atoms with van der Waals surface area (Å²) < 4.78 is 60.7. The minimum absolute atomic E-state index is 0.0271. The van der Waals surface area contributed by atoms with Gasteiger partial charge in [-0.2, -0.15) is 4.31 Å². The summed E-state index contributed by atoms with van der Waals surface area (Å²) in [6.45, 7) is 0.844. The lowest BCUT2D eigenvalue weighted by molar-refractivity contribution is 0.0696. The van der Waals surface area contributed by atoms with E-state index in [1.165, 1.54) is 41.7 Å². The molecule has 1 aliphatic heterocycles. The number of hydrogen-bond acceptors (Lipinski definition) is 6. The Labute approximate surface area is 181 Å². The number of hydrogen-bond donors (Lipinski definition) is 2. The molecular weight excluding hydrogens is 444 g/mol. The lowest BCUT2D eigenvalue weighted by atomic mass is 10.2. The number of aromatic carboxylic acids is 1. The van der Waals surface area contributed by atoms with Gasteiger partial charge in [0.2, 0.25) is 10.0 Å². The number of sulfonamides is 2. The van der Waals surface area contributed by atoms with Crippen LogP contribution in [-0.4, -0.2) is 52.4 Å². The highest BCUT2D eigenvalue weighted by molar-refractivity contribution is 7.92. The molecule has 1 saturated heterocycles. The van der Waals surface area contributed by atoms with Gasteiger partial charge in [-0.05, 0) is 55.3 Å². The van der Waals surface area contributed by atoms with Crippen molar-refractivity contribution in [1.82, 2.24) is 4.31 Å². The van der Waals surface area contributed by atoms with Crippen molar-refractivity contribution >= 4 is 31.7 Å². The van der Waals surface area contributed by atoms with Crippen LogP contribution in [0.4, 0.5) is 5.69 Å². The summed E-state index contributed by atoms with van der Waals surface area (Å²) in [4.78, 5) is 10.8. The Morgan fingerprint density at radius 2 is 1.52 bits per heavy atom. The third-order valence-electron chi connectivity index (χ3n) is 5.03. The summed E-state index contributed by atoms with van der Waals surface area (Å²) in [7, 11) is -6.56. The molecule has 2 aromatic carbocycles. The van der Waals surface area contributed by atoms with Gasteiger partial charge in [-0.25, -0.2) is 21.6 Å². The fourth-order valence-corrected chi connectivity index (χ4v) is 5.94. The molecule has 0 spiro atoms. The largest absolute Gasteiger partial charge is 0.495 e. The third kappa shape index (κ3) is 5.17. The molecule has 9 nitrogen and oxygen atoms in total. The molecule has 3 rings (SSSR count). The first-order valence-corrected chi connectivity index (χ1v) is 12.6. The molecule has 168 valence electrons. The minimum atomic E-state index is -4.11. The van der Waals surface area contributed by atoms with Gasteiger partial charge in [0.05, 0.1) is 28.2 Å². The highest BCUT2D eigenvalue weighted by atomic mass is 32.2. The number of anilines is 1. The summed E-state index contributed by atoms with van der Waals surface area (Å²) in [5.74, 6) is -1.02. The zero-order chi connectivity index (χ0) is 22.6. The summed E-state index contributed by atoms with van der Waals surface area (Å²) >= 11 is 0. The molecule has 0 atom stereocenters. The highest BCUT2D eigenvalue weighted by Gasteiger charge is 2.27. The smallest absolute Gasteiger partial charge is 0.335 e. The molecule has 0 bridgehead atoms. The molecule has 0 aliphatic carbocycles. The summed E-state index contributed by atoms with van der Waals surface area (Å²) in [5, 5.41) is 8.97. The number of nitrogens with one attached hydrogen (secondary N) is 1. The zero-order valence-electron chi connectivity index (χ0n) is 16.9. The van der Waals surface area contributed by atoms with Crippen molar-refractivity contribution in [2.24, 2.45) is 0 Å². The second-order valence-corrected chi connectivity index (χ2v) is 10.7. The Kier molecular flexibility index (Phi) is 6.87. The van der Waals surface area contributed by atoms with E-state index in [9.17, 15) is 21.6 Å². The molecule has 1 aliphatic rings. The van der Waals surface area contributed by atoms with Crippen LogP contribution in [0.15, 0.2) is 52.3 Å². The van der Waals surface area contributed by atoms with Gasteiger partial charge < -0.3 is 9.84 Å². The topological polar surface area (TPSA) is 130 Å². The van der Waals surface area contributed by atoms with E-state index >= 15 is 0 Å². The summed E-state index contributed by atoms with van der Waals surface area (Å²) in [6.07, 6.45) is 3.50. The van der Waals surface area contributed by atoms with E-state index in [1.807, 2.05) is 0 Å². The number of nitrogens with zero attached hydrogens (tertiary/aromatic N) is 1. The molecule has 1 fully saturated rings. The SMILES string of the molecule is COc1ccc(S(=O)(=O)N2CCCCCC2)cc1NS(=O)(=O)c1ccc(C(=O)O)cc1. The molecule has 0 aromatic heterocycles. The molecule has 2 aromatic rings. The first kappa shape index (κ1) is 23.0. The number of ether oxygens (including phenoxy) is 1. The summed E-state index contributed by atoms with van der Waals surface area (Å²) in [5.41, 5.74) is -0.0808. The molecule has 0 unspecified atom stereocenters. The lowest BCUT2D eigenvalue weighted by Gasteiger charge is -2.21. The van der Waals surface area contributed by atoms with Crippen LogP contribution in [0.25, 0.3) is 0 Å². The zero-order valence-corrected chi connectivity index (χ0v) is 18.6. The number of carboxylic acids is 1. The predicted octanol–water partition coefficient (Wildman–Crippen LogP) is 2.76. The van der Waals surface area contributed by atoms with E-state index in [4.69, 9.17) is 9.84 Å². The van der Waals surface area contributed by atoms with E-state index in [1.54, 1.807) is 0 Å². The average Bonchev–Trinajstić information content (AvgIpc) is 3.03. The fraction of sp³-hybridized carbons (Fsp3) is 0.350. The van der Waals surface area contributed by atoms with Crippen LogP contribution < -0.4 is 9.46 Å². The highest BCUT2D eigenvalue weighted by Crippen LogP contribution is 2.31. The van der Waals surface area contributed by atoms with E-state index < -0.39 is 26.0 Å². The second kappa shape index (κ2) is 9.25. The fourth-order valence-electron chi connectivity index (χ4n) is 3.34. The Morgan fingerprint density at radius 3 is 2.06 bits per heavy atom. The molecule has 0 radical (unpaired) electrons.